The van der Waals surface area contributed by atoms with Gasteiger partial charge in [0.15, 0.2) is 17.6 Å². The molecule has 2 amide bonds. The predicted molar refractivity (Wildman–Crippen MR) is 145 cm³/mol. The highest BCUT2D eigenvalue weighted by atomic mass is 32.2. The highest BCUT2D eigenvalue weighted by molar-refractivity contribution is 7.99. The summed E-state index contributed by atoms with van der Waals surface area (Å²) in [4.78, 5) is 25.0. The predicted octanol–water partition coefficient (Wildman–Crippen LogP) is 4.62. The van der Waals surface area contributed by atoms with Gasteiger partial charge in [0.2, 0.25) is 5.91 Å². The van der Waals surface area contributed by atoms with Crippen LogP contribution in [0.3, 0.4) is 0 Å². The van der Waals surface area contributed by atoms with Gasteiger partial charge in [-0.3, -0.25) is 14.2 Å². The van der Waals surface area contributed by atoms with E-state index in [2.05, 4.69) is 20.8 Å². The Balaban J connectivity index is 1.47. The fraction of sp³-hybridized carbons (Fsp3) is 0.214. The maximum atomic E-state index is 12.6. The number of aromatic nitrogens is 3. The molecule has 8 nitrogen and oxygen atoms in total. The molecule has 0 unspecified atom stereocenters. The van der Waals surface area contributed by atoms with Crippen LogP contribution in [0, 0.1) is 20.8 Å². The van der Waals surface area contributed by atoms with Gasteiger partial charge in [0.1, 0.15) is 5.75 Å². The highest BCUT2D eigenvalue weighted by Crippen LogP contribution is 2.26. The SMILES string of the molecule is Cc1cccc(NC(=O)CSc2nnc(CNC(=O)COc3ccccc3)n2-c2cccc(C)c2C)c1. The van der Waals surface area contributed by atoms with E-state index in [1.165, 1.54) is 11.8 Å². The highest BCUT2D eigenvalue weighted by Gasteiger charge is 2.18. The topological polar surface area (TPSA) is 98.1 Å². The molecule has 0 radical (unpaired) electrons. The summed E-state index contributed by atoms with van der Waals surface area (Å²) in [5, 5.41) is 15.0. The number of benzene rings is 3. The van der Waals surface area contributed by atoms with Crippen LogP contribution in [0.4, 0.5) is 5.69 Å². The van der Waals surface area contributed by atoms with Crippen molar-refractivity contribution in [1.29, 1.82) is 0 Å². The van der Waals surface area contributed by atoms with Gasteiger partial charge in [-0.15, -0.1) is 10.2 Å². The Morgan fingerprint density at radius 2 is 1.70 bits per heavy atom. The number of hydrogen-bond acceptors (Lipinski definition) is 6. The quantitative estimate of drug-likeness (QED) is 0.299. The third-order valence-corrected chi connectivity index (χ3v) is 6.64. The van der Waals surface area contributed by atoms with E-state index in [1.54, 1.807) is 12.1 Å². The Morgan fingerprint density at radius 3 is 2.49 bits per heavy atom. The molecular formula is C28H29N5O3S. The second kappa shape index (κ2) is 12.2. The zero-order chi connectivity index (χ0) is 26.2. The minimum Gasteiger partial charge on any atom is -0.484 e. The van der Waals surface area contributed by atoms with Crippen LogP contribution in [0.1, 0.15) is 22.5 Å². The third-order valence-electron chi connectivity index (χ3n) is 5.71. The molecule has 9 heteroatoms. The fourth-order valence-electron chi connectivity index (χ4n) is 3.67. The molecule has 4 rings (SSSR count). The number of amides is 2. The molecule has 37 heavy (non-hydrogen) atoms. The molecule has 0 fully saturated rings. The Bertz CT molecular complexity index is 1390. The van der Waals surface area contributed by atoms with Gasteiger partial charge in [-0.05, 0) is 67.8 Å². The van der Waals surface area contributed by atoms with Gasteiger partial charge < -0.3 is 15.4 Å². The number of carbonyl (C=O) groups is 2. The smallest absolute Gasteiger partial charge is 0.258 e. The summed E-state index contributed by atoms with van der Waals surface area (Å²) in [7, 11) is 0. The first kappa shape index (κ1) is 26.0. The third kappa shape index (κ3) is 6.98. The lowest BCUT2D eigenvalue weighted by Gasteiger charge is -2.15. The lowest BCUT2D eigenvalue weighted by atomic mass is 10.1. The molecule has 1 heterocycles. The van der Waals surface area contributed by atoms with Crippen LogP contribution in [0.25, 0.3) is 5.69 Å². The molecule has 0 aliphatic carbocycles. The van der Waals surface area contributed by atoms with Crippen molar-refractivity contribution in [3.05, 3.63) is 95.3 Å². The van der Waals surface area contributed by atoms with Crippen molar-refractivity contribution in [1.82, 2.24) is 20.1 Å². The molecule has 0 aliphatic rings. The average Bonchev–Trinajstić information content (AvgIpc) is 3.30. The summed E-state index contributed by atoms with van der Waals surface area (Å²) < 4.78 is 7.42. The number of aryl methyl sites for hydroxylation is 2. The summed E-state index contributed by atoms with van der Waals surface area (Å²) in [6.07, 6.45) is 0. The van der Waals surface area contributed by atoms with E-state index in [1.807, 2.05) is 86.0 Å². The number of nitrogens with one attached hydrogen (secondary N) is 2. The Hall–Kier alpha value is -4.11. The largest absolute Gasteiger partial charge is 0.484 e. The molecular weight excluding hydrogens is 486 g/mol. The molecule has 2 N–H and O–H groups in total. The summed E-state index contributed by atoms with van der Waals surface area (Å²) >= 11 is 1.29. The van der Waals surface area contributed by atoms with Crippen molar-refractivity contribution in [3.8, 4) is 11.4 Å². The number of carbonyl (C=O) groups excluding carboxylic acids is 2. The van der Waals surface area contributed by atoms with E-state index in [0.29, 0.717) is 16.7 Å². The monoisotopic (exact) mass is 515 g/mol. The van der Waals surface area contributed by atoms with Crippen molar-refractivity contribution in [2.45, 2.75) is 32.5 Å². The van der Waals surface area contributed by atoms with Crippen LogP contribution >= 0.6 is 11.8 Å². The minimum atomic E-state index is -0.272. The fourth-order valence-corrected chi connectivity index (χ4v) is 4.44. The summed E-state index contributed by atoms with van der Waals surface area (Å²) in [5.74, 6) is 0.932. The first-order chi connectivity index (χ1) is 17.9. The zero-order valence-electron chi connectivity index (χ0n) is 21.0. The van der Waals surface area contributed by atoms with Crippen molar-refractivity contribution in [2.75, 3.05) is 17.7 Å². The molecule has 4 aromatic rings. The molecule has 1 aromatic heterocycles. The van der Waals surface area contributed by atoms with E-state index in [-0.39, 0.29) is 30.7 Å². The Kier molecular flexibility index (Phi) is 8.58. The number of hydrogen-bond donors (Lipinski definition) is 2. The maximum Gasteiger partial charge on any atom is 0.258 e. The van der Waals surface area contributed by atoms with E-state index in [9.17, 15) is 9.59 Å². The van der Waals surface area contributed by atoms with Crippen molar-refractivity contribution in [2.24, 2.45) is 0 Å². The number of rotatable bonds is 10. The van der Waals surface area contributed by atoms with Gasteiger partial charge >= 0.3 is 0 Å². The molecule has 0 saturated heterocycles. The number of nitrogens with zero attached hydrogens (tertiary/aromatic N) is 3. The van der Waals surface area contributed by atoms with Crippen LogP contribution in [0.5, 0.6) is 5.75 Å². The molecule has 3 aromatic carbocycles. The van der Waals surface area contributed by atoms with Crippen molar-refractivity contribution < 1.29 is 14.3 Å². The summed E-state index contributed by atoms with van der Waals surface area (Å²) in [6.45, 7) is 6.09. The van der Waals surface area contributed by atoms with Crippen molar-refractivity contribution in [3.63, 3.8) is 0 Å². The summed E-state index contributed by atoms with van der Waals surface area (Å²) in [6, 6.07) is 22.8. The molecule has 0 aliphatic heterocycles. The van der Waals surface area contributed by atoms with E-state index in [0.717, 1.165) is 28.1 Å². The number of ether oxygens (including phenoxy) is 1. The number of para-hydroxylation sites is 1. The van der Waals surface area contributed by atoms with Gasteiger partial charge in [-0.2, -0.15) is 0 Å². The second-order valence-electron chi connectivity index (χ2n) is 8.54. The lowest BCUT2D eigenvalue weighted by Crippen LogP contribution is -2.29. The van der Waals surface area contributed by atoms with Gasteiger partial charge in [0.25, 0.3) is 5.91 Å². The second-order valence-corrected chi connectivity index (χ2v) is 9.48. The van der Waals surface area contributed by atoms with Crippen LogP contribution < -0.4 is 15.4 Å². The van der Waals surface area contributed by atoms with E-state index < -0.39 is 0 Å². The van der Waals surface area contributed by atoms with Gasteiger partial charge in [-0.1, -0.05) is 54.2 Å². The molecule has 0 saturated carbocycles. The maximum absolute atomic E-state index is 12.6. The number of thioether (sulfide) groups is 1. The lowest BCUT2D eigenvalue weighted by molar-refractivity contribution is -0.123. The minimum absolute atomic E-state index is 0.109. The van der Waals surface area contributed by atoms with Gasteiger partial charge in [0.05, 0.1) is 18.0 Å². The standard InChI is InChI=1S/C28H29N5O3S/c1-19-9-7-11-22(15-19)30-27(35)18-37-28-32-31-25(33(28)24-14-8-10-20(2)21(24)3)16-29-26(34)17-36-23-12-5-4-6-13-23/h4-15H,16-18H2,1-3H3,(H,29,34)(H,30,35). The average molecular weight is 516 g/mol. The van der Waals surface area contributed by atoms with Crippen LogP contribution in [0.15, 0.2) is 78.0 Å². The number of anilines is 1. The van der Waals surface area contributed by atoms with E-state index >= 15 is 0 Å². The van der Waals surface area contributed by atoms with Crippen LogP contribution in [-0.4, -0.2) is 38.9 Å². The molecule has 0 atom stereocenters. The van der Waals surface area contributed by atoms with E-state index in [4.69, 9.17) is 4.74 Å². The molecule has 0 bridgehead atoms. The zero-order valence-corrected chi connectivity index (χ0v) is 21.8. The Morgan fingerprint density at radius 1 is 0.919 bits per heavy atom. The van der Waals surface area contributed by atoms with Gasteiger partial charge in [0, 0.05) is 5.69 Å². The van der Waals surface area contributed by atoms with Crippen molar-refractivity contribution >= 4 is 29.3 Å². The normalized spacial score (nSPS) is 10.7. The molecule has 0 spiro atoms. The summed E-state index contributed by atoms with van der Waals surface area (Å²) in [5.41, 5.74) is 4.90. The first-order valence-electron chi connectivity index (χ1n) is 11.9. The Labute approximate surface area is 220 Å². The molecule has 190 valence electrons. The van der Waals surface area contributed by atoms with Crippen LogP contribution in [0.2, 0.25) is 0 Å². The van der Waals surface area contributed by atoms with Gasteiger partial charge in [-0.25, -0.2) is 0 Å². The van der Waals surface area contributed by atoms with Crippen LogP contribution in [-0.2, 0) is 16.1 Å². The first-order valence-corrected chi connectivity index (χ1v) is 12.8.